The average Bonchev–Trinajstić information content (AvgIpc) is 3.36. The highest BCUT2D eigenvalue weighted by Gasteiger charge is 2.23. The van der Waals surface area contributed by atoms with Crippen molar-refractivity contribution in [3.05, 3.63) is 82.3 Å². The second-order valence-electron chi connectivity index (χ2n) is 7.15. The Labute approximate surface area is 167 Å². The smallest absolute Gasteiger partial charge is 0.265 e. The van der Waals surface area contributed by atoms with Gasteiger partial charge in [-0.25, -0.2) is 4.98 Å². The monoisotopic (exact) mass is 389 g/mol. The summed E-state index contributed by atoms with van der Waals surface area (Å²) in [5, 5.41) is 4.88. The van der Waals surface area contributed by atoms with Gasteiger partial charge in [-0.1, -0.05) is 36.4 Å². The number of fused-ring (bicyclic) bond motifs is 3. The molecule has 0 aliphatic carbocycles. The third-order valence-corrected chi connectivity index (χ3v) is 6.09. The molecule has 0 fully saturated rings. The molecule has 1 aliphatic heterocycles. The minimum atomic E-state index is -0.0724. The van der Waals surface area contributed by atoms with Gasteiger partial charge in [-0.2, -0.15) is 0 Å². The van der Waals surface area contributed by atoms with Crippen LogP contribution in [0.4, 0.5) is 5.69 Å². The molecule has 0 bridgehead atoms. The fraction of sp³-hybridized carbons (Fsp3) is 0.182. The highest BCUT2D eigenvalue weighted by molar-refractivity contribution is 7.12. The van der Waals surface area contributed by atoms with Gasteiger partial charge >= 0.3 is 0 Å². The Morgan fingerprint density at radius 1 is 1.14 bits per heavy atom. The summed E-state index contributed by atoms with van der Waals surface area (Å²) < 4.78 is 2.31. The molecule has 1 aliphatic rings. The van der Waals surface area contributed by atoms with Crippen molar-refractivity contribution >= 4 is 34.0 Å². The van der Waals surface area contributed by atoms with E-state index in [1.54, 1.807) is 0 Å². The highest BCUT2D eigenvalue weighted by atomic mass is 32.1. The van der Waals surface area contributed by atoms with Crippen LogP contribution in [0.15, 0.2) is 66.0 Å². The van der Waals surface area contributed by atoms with Crippen molar-refractivity contribution in [2.75, 3.05) is 11.9 Å². The lowest BCUT2D eigenvalue weighted by Crippen LogP contribution is -3.10. The number of carbonyl (C=O) groups is 1. The molecule has 1 unspecified atom stereocenters. The second-order valence-corrected chi connectivity index (χ2v) is 8.10. The molecule has 0 radical (unpaired) electrons. The van der Waals surface area contributed by atoms with Crippen LogP contribution in [0, 0.1) is 0 Å². The number of imidazole rings is 1. The molecule has 1 atom stereocenters. The highest BCUT2D eigenvalue weighted by Crippen LogP contribution is 2.22. The number of aromatic nitrogens is 2. The second kappa shape index (κ2) is 7.22. The molecule has 2 aromatic carbocycles. The first-order chi connectivity index (χ1) is 13.8. The fourth-order valence-corrected chi connectivity index (χ4v) is 4.48. The third kappa shape index (κ3) is 3.32. The van der Waals surface area contributed by atoms with Crippen LogP contribution < -0.4 is 10.2 Å². The lowest BCUT2D eigenvalue weighted by atomic mass is 10.2. The summed E-state index contributed by atoms with van der Waals surface area (Å²) in [5.41, 5.74) is 4.23. The van der Waals surface area contributed by atoms with Gasteiger partial charge in [0.1, 0.15) is 13.1 Å². The molecule has 5 nitrogen and oxygen atoms in total. The first-order valence-corrected chi connectivity index (χ1v) is 10.4. The Kier molecular flexibility index (Phi) is 4.43. The molecular weight excluding hydrogens is 368 g/mol. The van der Waals surface area contributed by atoms with E-state index in [1.807, 2.05) is 29.6 Å². The number of benzene rings is 2. The van der Waals surface area contributed by atoms with Crippen LogP contribution >= 0.6 is 11.3 Å². The van der Waals surface area contributed by atoms with E-state index in [-0.39, 0.29) is 5.91 Å². The van der Waals surface area contributed by atoms with Gasteiger partial charge in [0.25, 0.3) is 5.91 Å². The van der Waals surface area contributed by atoms with E-state index in [1.165, 1.54) is 21.8 Å². The Morgan fingerprint density at radius 3 is 2.86 bits per heavy atom. The normalized spacial score (nSPS) is 16.1. The molecule has 28 heavy (non-hydrogen) atoms. The summed E-state index contributed by atoms with van der Waals surface area (Å²) in [6, 6.07) is 20.4. The van der Waals surface area contributed by atoms with E-state index >= 15 is 0 Å². The van der Waals surface area contributed by atoms with E-state index in [0.717, 1.165) is 48.7 Å². The number of hydrogen-bond acceptors (Lipinski definition) is 3. The minimum Gasteiger partial charge on any atom is -0.323 e. The number of nitrogens with zero attached hydrogens (tertiary/aromatic N) is 2. The van der Waals surface area contributed by atoms with Gasteiger partial charge in [-0.15, -0.1) is 11.3 Å². The van der Waals surface area contributed by atoms with Gasteiger partial charge in [0.2, 0.25) is 0 Å². The molecule has 1 amide bonds. The van der Waals surface area contributed by atoms with Crippen molar-refractivity contribution in [1.29, 1.82) is 0 Å². The van der Waals surface area contributed by atoms with Gasteiger partial charge in [0, 0.05) is 11.3 Å². The van der Waals surface area contributed by atoms with E-state index in [2.05, 4.69) is 46.3 Å². The van der Waals surface area contributed by atoms with Gasteiger partial charge in [-0.3, -0.25) is 4.79 Å². The van der Waals surface area contributed by atoms with Crippen LogP contribution in [0.2, 0.25) is 0 Å². The van der Waals surface area contributed by atoms with E-state index < -0.39 is 0 Å². The fourth-order valence-electron chi connectivity index (χ4n) is 3.86. The predicted molar refractivity (Wildman–Crippen MR) is 112 cm³/mol. The molecule has 0 saturated heterocycles. The largest absolute Gasteiger partial charge is 0.323 e. The quantitative estimate of drug-likeness (QED) is 0.564. The van der Waals surface area contributed by atoms with Crippen molar-refractivity contribution in [3.8, 4) is 0 Å². The van der Waals surface area contributed by atoms with Crippen LogP contribution in [0.25, 0.3) is 11.0 Å². The van der Waals surface area contributed by atoms with E-state index in [0.29, 0.717) is 4.88 Å². The van der Waals surface area contributed by atoms with Crippen LogP contribution in [-0.4, -0.2) is 22.0 Å². The van der Waals surface area contributed by atoms with Gasteiger partial charge < -0.3 is 14.8 Å². The number of carbonyl (C=O) groups excluding carboxylic acids is 1. The maximum atomic E-state index is 12.3. The van der Waals surface area contributed by atoms with Crippen molar-refractivity contribution in [3.63, 3.8) is 0 Å². The molecule has 0 saturated carbocycles. The van der Waals surface area contributed by atoms with Crippen molar-refractivity contribution in [2.24, 2.45) is 0 Å². The Morgan fingerprint density at radius 2 is 2.04 bits per heavy atom. The molecule has 3 heterocycles. The number of anilines is 1. The molecule has 2 N–H and O–H groups in total. The number of amides is 1. The third-order valence-electron chi connectivity index (χ3n) is 5.22. The van der Waals surface area contributed by atoms with E-state index in [4.69, 9.17) is 4.98 Å². The molecule has 5 rings (SSSR count). The lowest BCUT2D eigenvalue weighted by molar-refractivity contribution is -0.932. The Hall–Kier alpha value is -2.96. The van der Waals surface area contributed by atoms with Crippen LogP contribution in [0.5, 0.6) is 0 Å². The predicted octanol–water partition coefficient (Wildman–Crippen LogP) is 2.95. The Balaban J connectivity index is 1.36. The molecule has 140 valence electrons. The first-order valence-electron chi connectivity index (χ1n) is 9.48. The minimum absolute atomic E-state index is 0.0724. The number of quaternary nitrogens is 1. The number of thiophene rings is 1. The van der Waals surface area contributed by atoms with Crippen LogP contribution in [0.3, 0.4) is 0 Å². The van der Waals surface area contributed by atoms with Crippen LogP contribution in [-0.2, 0) is 19.6 Å². The maximum absolute atomic E-state index is 12.3. The summed E-state index contributed by atoms with van der Waals surface area (Å²) in [4.78, 5) is 19.4. The summed E-state index contributed by atoms with van der Waals surface area (Å²) in [6.45, 7) is 3.99. The topological polar surface area (TPSA) is 51.4 Å². The van der Waals surface area contributed by atoms with E-state index in [9.17, 15) is 4.79 Å². The number of rotatable bonds is 4. The zero-order chi connectivity index (χ0) is 18.9. The zero-order valence-corrected chi connectivity index (χ0v) is 16.2. The molecule has 4 aromatic rings. The number of hydrogen-bond donors (Lipinski definition) is 2. The van der Waals surface area contributed by atoms with Crippen LogP contribution in [0.1, 0.15) is 21.1 Å². The maximum Gasteiger partial charge on any atom is 0.265 e. The standard InChI is InChI=1S/C22H20N4OS/c27-22(20-7-4-12-28-20)23-17-8-9-19-18(13-17)24-21-15-25(10-11-26(19)21)14-16-5-2-1-3-6-16/h1-9,12-13H,10-11,14-15H2,(H,23,27)/p+1. The lowest BCUT2D eigenvalue weighted by Gasteiger charge is -2.25. The summed E-state index contributed by atoms with van der Waals surface area (Å²) in [7, 11) is 0. The summed E-state index contributed by atoms with van der Waals surface area (Å²) in [5.74, 6) is 1.05. The van der Waals surface area contributed by atoms with Crippen molar-refractivity contribution < 1.29 is 9.69 Å². The van der Waals surface area contributed by atoms with Crippen molar-refractivity contribution in [2.45, 2.75) is 19.6 Å². The average molecular weight is 390 g/mol. The van der Waals surface area contributed by atoms with Crippen molar-refractivity contribution in [1.82, 2.24) is 9.55 Å². The zero-order valence-electron chi connectivity index (χ0n) is 15.4. The summed E-state index contributed by atoms with van der Waals surface area (Å²) in [6.07, 6.45) is 0. The summed E-state index contributed by atoms with van der Waals surface area (Å²) >= 11 is 1.44. The first kappa shape index (κ1) is 17.2. The number of nitrogens with one attached hydrogen (secondary N) is 2. The van der Waals surface area contributed by atoms with Gasteiger partial charge in [-0.05, 0) is 29.6 Å². The molecule has 0 spiro atoms. The SMILES string of the molecule is O=C(Nc1ccc2c(c1)nc1n2CC[NH+](Cc2ccccc2)C1)c1cccs1. The molecule has 2 aromatic heterocycles. The Bertz CT molecular complexity index is 1120. The van der Waals surface area contributed by atoms with Gasteiger partial charge in [0.15, 0.2) is 5.82 Å². The van der Waals surface area contributed by atoms with Gasteiger partial charge in [0.05, 0.1) is 29.0 Å². The molecule has 6 heteroatoms. The molecular formula is C22H21N4OS+.